The Balaban J connectivity index is 4.76. The topological polar surface area (TPSA) is 50.4 Å². The molecule has 0 aromatic rings. The van der Waals surface area contributed by atoms with Crippen LogP contribution < -0.4 is 11.1 Å². The summed E-state index contributed by atoms with van der Waals surface area (Å²) in [6.45, 7) is 9.59. The van der Waals surface area contributed by atoms with E-state index in [4.69, 9.17) is 5.73 Å². The van der Waals surface area contributed by atoms with E-state index < -0.39 is 0 Å². The lowest BCUT2D eigenvalue weighted by molar-refractivity contribution is 0.940. The van der Waals surface area contributed by atoms with Gasteiger partial charge in [0, 0.05) is 24.9 Å². The normalized spacial score (nSPS) is 14.0. The second-order valence-electron chi connectivity index (χ2n) is 3.34. The predicted molar refractivity (Wildman–Crippen MR) is 67.6 cm³/mol. The van der Waals surface area contributed by atoms with Gasteiger partial charge in [0.2, 0.25) is 0 Å². The van der Waals surface area contributed by atoms with Gasteiger partial charge < -0.3 is 11.1 Å². The maximum absolute atomic E-state index is 5.48. The van der Waals surface area contributed by atoms with Crippen LogP contribution >= 0.6 is 0 Å². The number of allylic oxidation sites excluding steroid dienone is 4. The fraction of sp³-hybridized carbons (Fsp3) is 0.417. The zero-order valence-electron chi connectivity index (χ0n) is 10.1. The molecule has 0 unspecified atom stereocenters. The van der Waals surface area contributed by atoms with Crippen LogP contribution in [0.4, 0.5) is 0 Å². The first-order chi connectivity index (χ1) is 7.02. The van der Waals surface area contributed by atoms with Gasteiger partial charge in [-0.05, 0) is 26.3 Å². The van der Waals surface area contributed by atoms with Crippen molar-refractivity contribution in [1.29, 1.82) is 0 Å². The highest BCUT2D eigenvalue weighted by Crippen LogP contribution is 2.07. The Kier molecular flexibility index (Phi) is 6.18. The van der Waals surface area contributed by atoms with Crippen molar-refractivity contribution in [3.63, 3.8) is 0 Å². The average Bonchev–Trinajstić information content (AvgIpc) is 2.17. The molecule has 0 aliphatic carbocycles. The van der Waals surface area contributed by atoms with Crippen LogP contribution in [0.25, 0.3) is 0 Å². The van der Waals surface area contributed by atoms with E-state index in [1.807, 2.05) is 26.8 Å². The summed E-state index contributed by atoms with van der Waals surface area (Å²) in [7, 11) is 1.80. The van der Waals surface area contributed by atoms with Crippen LogP contribution in [-0.2, 0) is 0 Å². The van der Waals surface area contributed by atoms with Gasteiger partial charge in [0.25, 0.3) is 0 Å². The summed E-state index contributed by atoms with van der Waals surface area (Å²) in [5.41, 5.74) is 8.64. The van der Waals surface area contributed by atoms with E-state index in [1.54, 1.807) is 7.05 Å². The molecule has 84 valence electrons. The lowest BCUT2D eigenvalue weighted by Gasteiger charge is -2.11. The van der Waals surface area contributed by atoms with Crippen molar-refractivity contribution >= 4 is 5.71 Å². The number of nitrogens with two attached hydrogens (primary N) is 1. The van der Waals surface area contributed by atoms with E-state index in [1.165, 1.54) is 0 Å². The summed E-state index contributed by atoms with van der Waals surface area (Å²) >= 11 is 0. The molecule has 3 nitrogen and oxygen atoms in total. The van der Waals surface area contributed by atoms with Crippen molar-refractivity contribution in [1.82, 2.24) is 5.32 Å². The van der Waals surface area contributed by atoms with Crippen molar-refractivity contribution in [2.24, 2.45) is 10.7 Å². The average molecular weight is 207 g/mol. The molecule has 0 saturated carbocycles. The van der Waals surface area contributed by atoms with Crippen LogP contribution in [0.15, 0.2) is 40.8 Å². The van der Waals surface area contributed by atoms with Gasteiger partial charge in [-0.15, -0.1) is 0 Å². The highest BCUT2D eigenvalue weighted by Gasteiger charge is 2.03. The molecular formula is C12H21N3. The smallest absolute Gasteiger partial charge is 0.0928 e. The number of hydrogen-bond donors (Lipinski definition) is 2. The maximum atomic E-state index is 5.48. The molecule has 0 bridgehead atoms. The van der Waals surface area contributed by atoms with Gasteiger partial charge in [-0.3, -0.25) is 4.99 Å². The lowest BCUT2D eigenvalue weighted by atomic mass is 10.1. The standard InChI is InChI=1S/C12H21N3/c1-6-7-8-12(14-5)9(2)10(3)15-11(4)13/h6-7,15H,4,8,13H2,1-3,5H3/b7-6-,10-9+,14-12-. The van der Waals surface area contributed by atoms with Gasteiger partial charge in [-0.1, -0.05) is 18.7 Å². The van der Waals surface area contributed by atoms with E-state index in [0.29, 0.717) is 5.82 Å². The largest absolute Gasteiger partial charge is 0.386 e. The third-order valence-corrected chi connectivity index (χ3v) is 2.16. The van der Waals surface area contributed by atoms with Crippen molar-refractivity contribution in [2.45, 2.75) is 27.2 Å². The minimum atomic E-state index is 0.452. The molecule has 0 spiro atoms. The monoisotopic (exact) mass is 207 g/mol. The Morgan fingerprint density at radius 2 is 2.07 bits per heavy atom. The molecule has 3 heteroatoms. The molecule has 3 N–H and O–H groups in total. The second kappa shape index (κ2) is 6.87. The lowest BCUT2D eigenvalue weighted by Crippen LogP contribution is -2.19. The molecule has 0 amide bonds. The van der Waals surface area contributed by atoms with Gasteiger partial charge >= 0.3 is 0 Å². The summed E-state index contributed by atoms with van der Waals surface area (Å²) in [5, 5.41) is 2.99. The number of hydrogen-bond acceptors (Lipinski definition) is 3. The SMILES string of the molecule is C=C(N)N/C(C)=C(C)/C(C/C=C\C)=N\C. The minimum Gasteiger partial charge on any atom is -0.386 e. The van der Waals surface area contributed by atoms with Crippen molar-refractivity contribution in [3.8, 4) is 0 Å². The van der Waals surface area contributed by atoms with Crippen LogP contribution in [-0.4, -0.2) is 12.8 Å². The second-order valence-corrected chi connectivity index (χ2v) is 3.34. The number of nitrogens with one attached hydrogen (secondary N) is 1. The van der Waals surface area contributed by atoms with Gasteiger partial charge in [0.15, 0.2) is 0 Å². The molecule has 0 heterocycles. The van der Waals surface area contributed by atoms with Gasteiger partial charge in [0.05, 0.1) is 5.82 Å². The number of aliphatic imine (C=N–C) groups is 1. The minimum absolute atomic E-state index is 0.452. The Labute approximate surface area is 92.5 Å². The molecule has 15 heavy (non-hydrogen) atoms. The van der Waals surface area contributed by atoms with Crippen LogP contribution in [0.1, 0.15) is 27.2 Å². The van der Waals surface area contributed by atoms with Crippen molar-refractivity contribution in [3.05, 3.63) is 35.8 Å². The summed E-state index contributed by atoms with van der Waals surface area (Å²) in [4.78, 5) is 4.25. The van der Waals surface area contributed by atoms with Gasteiger partial charge in [0.1, 0.15) is 0 Å². The molecule has 0 aromatic heterocycles. The molecular weight excluding hydrogens is 186 g/mol. The fourth-order valence-corrected chi connectivity index (χ4v) is 1.19. The third kappa shape index (κ3) is 5.05. The Hall–Kier alpha value is -1.51. The van der Waals surface area contributed by atoms with E-state index in [2.05, 4.69) is 23.0 Å². The molecule has 0 aromatic carbocycles. The summed E-state index contributed by atoms with van der Waals surface area (Å²) < 4.78 is 0. The predicted octanol–water partition coefficient (Wildman–Crippen LogP) is 2.34. The number of rotatable bonds is 5. The molecule has 0 atom stereocenters. The first kappa shape index (κ1) is 13.5. The van der Waals surface area contributed by atoms with Crippen LogP contribution in [0.3, 0.4) is 0 Å². The van der Waals surface area contributed by atoms with Crippen molar-refractivity contribution < 1.29 is 0 Å². The molecule has 0 aliphatic heterocycles. The summed E-state index contributed by atoms with van der Waals surface area (Å²) in [6.07, 6.45) is 4.94. The fourth-order valence-electron chi connectivity index (χ4n) is 1.19. The van der Waals surface area contributed by atoms with E-state index in [0.717, 1.165) is 23.4 Å². The highest BCUT2D eigenvalue weighted by molar-refractivity contribution is 6.00. The highest BCUT2D eigenvalue weighted by atomic mass is 15.0. The zero-order valence-corrected chi connectivity index (χ0v) is 10.1. The van der Waals surface area contributed by atoms with E-state index in [-0.39, 0.29) is 0 Å². The maximum Gasteiger partial charge on any atom is 0.0928 e. The van der Waals surface area contributed by atoms with Crippen molar-refractivity contribution in [2.75, 3.05) is 7.05 Å². The van der Waals surface area contributed by atoms with E-state index >= 15 is 0 Å². The summed E-state index contributed by atoms with van der Waals surface area (Å²) in [6, 6.07) is 0. The van der Waals surface area contributed by atoms with Gasteiger partial charge in [-0.25, -0.2) is 0 Å². The molecule has 0 fully saturated rings. The zero-order chi connectivity index (χ0) is 11.8. The molecule has 0 aliphatic rings. The first-order valence-corrected chi connectivity index (χ1v) is 4.99. The Morgan fingerprint density at radius 3 is 2.47 bits per heavy atom. The van der Waals surface area contributed by atoms with Crippen LogP contribution in [0.2, 0.25) is 0 Å². The van der Waals surface area contributed by atoms with E-state index in [9.17, 15) is 0 Å². The molecule has 0 radical (unpaired) electrons. The number of nitrogens with zero attached hydrogens (tertiary/aromatic N) is 1. The summed E-state index contributed by atoms with van der Waals surface area (Å²) in [5.74, 6) is 0.452. The Morgan fingerprint density at radius 1 is 1.47 bits per heavy atom. The molecule has 0 rings (SSSR count). The third-order valence-electron chi connectivity index (χ3n) is 2.16. The quantitative estimate of drug-likeness (QED) is 0.537. The van der Waals surface area contributed by atoms with Crippen LogP contribution in [0.5, 0.6) is 0 Å². The van der Waals surface area contributed by atoms with Crippen LogP contribution in [0, 0.1) is 0 Å². The Bertz CT molecular complexity index is 309. The first-order valence-electron chi connectivity index (χ1n) is 4.99. The van der Waals surface area contributed by atoms with Gasteiger partial charge in [-0.2, -0.15) is 0 Å². The molecule has 0 saturated heterocycles.